The van der Waals surface area contributed by atoms with Gasteiger partial charge in [0.2, 0.25) is 0 Å². The molecular weight excluding hydrogens is 342 g/mol. The van der Waals surface area contributed by atoms with Crippen molar-refractivity contribution in [2.45, 2.75) is 13.3 Å². The van der Waals surface area contributed by atoms with E-state index in [0.29, 0.717) is 0 Å². The van der Waals surface area contributed by atoms with Gasteiger partial charge in [0.1, 0.15) is 0 Å². The lowest BCUT2D eigenvalue weighted by molar-refractivity contribution is 1.28. The Bertz CT molecular complexity index is 1450. The normalized spacial score (nSPS) is 13.4. The lowest BCUT2D eigenvalue weighted by atomic mass is 9.93. The van der Waals surface area contributed by atoms with Crippen molar-refractivity contribution in [3.63, 3.8) is 0 Å². The van der Waals surface area contributed by atoms with Gasteiger partial charge in [-0.25, -0.2) is 0 Å². The smallest absolute Gasteiger partial charge is 0.0754 e. The molecule has 1 aromatic heterocycles. The molecule has 0 saturated heterocycles. The first-order valence-electron chi connectivity index (χ1n) is 9.59. The fourth-order valence-corrected chi connectivity index (χ4v) is 4.70. The SMILES string of the molecule is Cc1[nH]c2ccccc2c1C1=Nc2c(c3ccc(N)cc3c3ccccc23)C1. The topological polar surface area (TPSA) is 54.2 Å². The molecule has 28 heavy (non-hydrogen) atoms. The molecule has 3 N–H and O–H groups in total. The van der Waals surface area contributed by atoms with Crippen LogP contribution in [0.3, 0.4) is 0 Å². The van der Waals surface area contributed by atoms with E-state index in [9.17, 15) is 0 Å². The number of aromatic nitrogens is 1. The fraction of sp³-hybridized carbons (Fsp3) is 0.0800. The van der Waals surface area contributed by atoms with E-state index in [0.717, 1.165) is 29.0 Å². The number of anilines is 1. The Balaban J connectivity index is 1.67. The van der Waals surface area contributed by atoms with Gasteiger partial charge in [0, 0.05) is 39.7 Å². The van der Waals surface area contributed by atoms with Crippen LogP contribution in [0.25, 0.3) is 32.4 Å². The number of aromatic amines is 1. The third kappa shape index (κ3) is 2.01. The number of nitrogens with zero attached hydrogens (tertiary/aromatic N) is 1. The Morgan fingerprint density at radius 1 is 0.821 bits per heavy atom. The summed E-state index contributed by atoms with van der Waals surface area (Å²) >= 11 is 0. The molecule has 5 aromatic rings. The summed E-state index contributed by atoms with van der Waals surface area (Å²) in [5.41, 5.74) is 14.0. The molecule has 0 spiro atoms. The third-order valence-electron chi connectivity index (χ3n) is 5.90. The van der Waals surface area contributed by atoms with Crippen LogP contribution < -0.4 is 5.73 Å². The maximum absolute atomic E-state index is 6.11. The Kier molecular flexibility index (Phi) is 3.01. The van der Waals surface area contributed by atoms with Gasteiger partial charge in [-0.05, 0) is 46.8 Å². The van der Waals surface area contributed by atoms with Crippen LogP contribution in [0.4, 0.5) is 11.4 Å². The van der Waals surface area contributed by atoms with Gasteiger partial charge < -0.3 is 10.7 Å². The molecule has 0 bridgehead atoms. The number of nitrogens with one attached hydrogen (secondary N) is 1. The lowest BCUT2D eigenvalue weighted by Crippen LogP contribution is -2.02. The van der Waals surface area contributed by atoms with E-state index in [2.05, 4.69) is 72.6 Å². The van der Waals surface area contributed by atoms with E-state index in [4.69, 9.17) is 10.7 Å². The molecule has 0 unspecified atom stereocenters. The summed E-state index contributed by atoms with van der Waals surface area (Å²) < 4.78 is 0. The van der Waals surface area contributed by atoms with Crippen LogP contribution >= 0.6 is 0 Å². The van der Waals surface area contributed by atoms with Crippen molar-refractivity contribution < 1.29 is 0 Å². The molecule has 1 aliphatic rings. The number of aryl methyl sites for hydroxylation is 1. The maximum atomic E-state index is 6.11. The van der Waals surface area contributed by atoms with Crippen LogP contribution in [0.2, 0.25) is 0 Å². The molecule has 2 heterocycles. The largest absolute Gasteiger partial charge is 0.399 e. The van der Waals surface area contributed by atoms with Crippen molar-refractivity contribution in [3.05, 3.63) is 83.6 Å². The highest BCUT2D eigenvalue weighted by molar-refractivity contribution is 6.23. The van der Waals surface area contributed by atoms with Crippen molar-refractivity contribution in [1.82, 2.24) is 4.98 Å². The Morgan fingerprint density at radius 3 is 2.43 bits per heavy atom. The molecular formula is C25H19N3. The number of aliphatic imine (C=N–C) groups is 1. The minimum atomic E-state index is 0.796. The highest BCUT2D eigenvalue weighted by Crippen LogP contribution is 2.43. The average Bonchev–Trinajstić information content (AvgIpc) is 3.28. The number of para-hydroxylation sites is 1. The first kappa shape index (κ1) is 15.5. The molecule has 0 aliphatic carbocycles. The van der Waals surface area contributed by atoms with Gasteiger partial charge in [-0.3, -0.25) is 4.99 Å². The molecule has 0 radical (unpaired) electrons. The Morgan fingerprint density at radius 2 is 1.57 bits per heavy atom. The van der Waals surface area contributed by atoms with E-state index < -0.39 is 0 Å². The molecule has 4 aromatic carbocycles. The van der Waals surface area contributed by atoms with Gasteiger partial charge >= 0.3 is 0 Å². The number of hydrogen-bond donors (Lipinski definition) is 2. The summed E-state index contributed by atoms with van der Waals surface area (Å²) in [5.74, 6) is 0. The predicted molar refractivity (Wildman–Crippen MR) is 119 cm³/mol. The summed E-state index contributed by atoms with van der Waals surface area (Å²) in [6.07, 6.45) is 0.837. The Hall–Kier alpha value is -3.59. The summed E-state index contributed by atoms with van der Waals surface area (Å²) in [6.45, 7) is 2.14. The van der Waals surface area contributed by atoms with Crippen LogP contribution in [0.15, 0.2) is 71.7 Å². The fourth-order valence-electron chi connectivity index (χ4n) is 4.70. The quantitative estimate of drug-likeness (QED) is 0.277. The van der Waals surface area contributed by atoms with Gasteiger partial charge in [0.25, 0.3) is 0 Å². The second-order valence-corrected chi connectivity index (χ2v) is 7.58. The van der Waals surface area contributed by atoms with Crippen LogP contribution in [0, 0.1) is 6.92 Å². The zero-order valence-corrected chi connectivity index (χ0v) is 15.6. The lowest BCUT2D eigenvalue weighted by Gasteiger charge is -2.11. The summed E-state index contributed by atoms with van der Waals surface area (Å²) in [7, 11) is 0. The number of nitrogen functional groups attached to an aromatic ring is 1. The van der Waals surface area contributed by atoms with E-state index in [-0.39, 0.29) is 0 Å². The number of fused-ring (bicyclic) bond motifs is 7. The van der Waals surface area contributed by atoms with E-state index in [1.165, 1.54) is 43.8 Å². The first-order chi connectivity index (χ1) is 13.7. The molecule has 0 fully saturated rings. The minimum Gasteiger partial charge on any atom is -0.399 e. The van der Waals surface area contributed by atoms with Crippen LogP contribution in [0.1, 0.15) is 16.8 Å². The average molecular weight is 361 g/mol. The van der Waals surface area contributed by atoms with Crippen molar-refractivity contribution in [1.29, 1.82) is 0 Å². The molecule has 0 amide bonds. The monoisotopic (exact) mass is 361 g/mol. The van der Waals surface area contributed by atoms with Gasteiger partial charge in [0.05, 0.1) is 11.4 Å². The maximum Gasteiger partial charge on any atom is 0.0754 e. The summed E-state index contributed by atoms with van der Waals surface area (Å²) in [5, 5.41) is 6.11. The number of benzene rings is 4. The van der Waals surface area contributed by atoms with Crippen molar-refractivity contribution in [2.24, 2.45) is 4.99 Å². The minimum absolute atomic E-state index is 0.796. The Labute approximate surface area is 162 Å². The van der Waals surface area contributed by atoms with Crippen LogP contribution in [0.5, 0.6) is 0 Å². The van der Waals surface area contributed by atoms with Crippen molar-refractivity contribution in [3.8, 4) is 0 Å². The number of nitrogens with two attached hydrogens (primary N) is 1. The zero-order chi connectivity index (χ0) is 18.8. The van der Waals surface area contributed by atoms with Gasteiger partial charge in [-0.2, -0.15) is 0 Å². The van der Waals surface area contributed by atoms with Crippen molar-refractivity contribution in [2.75, 3.05) is 5.73 Å². The molecule has 1 aliphatic heterocycles. The second kappa shape index (κ2) is 5.46. The third-order valence-corrected chi connectivity index (χ3v) is 5.90. The van der Waals surface area contributed by atoms with E-state index in [1.807, 2.05) is 6.07 Å². The summed E-state index contributed by atoms with van der Waals surface area (Å²) in [6, 6.07) is 23.2. The molecule has 0 saturated carbocycles. The number of rotatable bonds is 1. The van der Waals surface area contributed by atoms with E-state index >= 15 is 0 Å². The highest BCUT2D eigenvalue weighted by atomic mass is 14.8. The predicted octanol–water partition coefficient (Wildman–Crippen LogP) is 6.04. The zero-order valence-electron chi connectivity index (χ0n) is 15.6. The van der Waals surface area contributed by atoms with Crippen LogP contribution in [-0.2, 0) is 6.42 Å². The number of hydrogen-bond acceptors (Lipinski definition) is 2. The molecule has 3 nitrogen and oxygen atoms in total. The number of H-pyrrole nitrogens is 1. The van der Waals surface area contributed by atoms with Gasteiger partial charge in [0.15, 0.2) is 0 Å². The van der Waals surface area contributed by atoms with Crippen molar-refractivity contribution >= 4 is 49.5 Å². The molecule has 134 valence electrons. The standard InChI is InChI=1S/C25H19N3/c1-14-24(19-8-4-5-9-22(19)27-14)23-13-21-17-11-10-15(26)12-20(17)16-6-2-3-7-18(16)25(21)28-23/h2-12,27H,13,26H2,1H3. The molecule has 6 rings (SSSR count). The van der Waals surface area contributed by atoms with Gasteiger partial charge in [-0.15, -0.1) is 0 Å². The highest BCUT2D eigenvalue weighted by Gasteiger charge is 2.24. The second-order valence-electron chi connectivity index (χ2n) is 7.58. The first-order valence-corrected chi connectivity index (χ1v) is 9.59. The van der Waals surface area contributed by atoms with E-state index in [1.54, 1.807) is 0 Å². The van der Waals surface area contributed by atoms with Crippen LogP contribution in [-0.4, -0.2) is 10.7 Å². The molecule has 0 atom stereocenters. The van der Waals surface area contributed by atoms with Gasteiger partial charge in [-0.1, -0.05) is 48.5 Å². The summed E-state index contributed by atoms with van der Waals surface area (Å²) in [4.78, 5) is 8.69. The molecule has 3 heteroatoms.